The molecule has 28 heavy (non-hydrogen) atoms. The van der Waals surface area contributed by atoms with Crippen LogP contribution in [0.25, 0.3) is 0 Å². The summed E-state index contributed by atoms with van der Waals surface area (Å²) in [6.45, 7) is 4.35. The van der Waals surface area contributed by atoms with E-state index in [1.54, 1.807) is 0 Å². The minimum atomic E-state index is -4.07. The van der Waals surface area contributed by atoms with E-state index in [1.807, 2.05) is 0 Å². The fourth-order valence-corrected chi connectivity index (χ4v) is 4.76. The number of aliphatic hydroxyl groups excluding tert-OH is 1. The van der Waals surface area contributed by atoms with E-state index >= 15 is 0 Å². The molecule has 5 heteroatoms. The van der Waals surface area contributed by atoms with Crippen molar-refractivity contribution in [2.24, 2.45) is 0 Å². The van der Waals surface area contributed by atoms with Crippen LogP contribution in [0.1, 0.15) is 136 Å². The van der Waals surface area contributed by atoms with Crippen LogP contribution in [-0.2, 0) is 10.1 Å². The summed E-state index contributed by atoms with van der Waals surface area (Å²) < 4.78 is 32.6. The second kappa shape index (κ2) is 18.9. The molecule has 0 aromatic heterocycles. The Morgan fingerprint density at radius 3 is 1.39 bits per heavy atom. The van der Waals surface area contributed by atoms with E-state index < -0.39 is 21.5 Å². The normalized spacial score (nSPS) is 14.3. The van der Waals surface area contributed by atoms with Gasteiger partial charge in [0.1, 0.15) is 0 Å². The first-order chi connectivity index (χ1) is 13.4. The standard InChI is InChI=1S/C23H48O4S/c1-3-5-7-8-9-10-11-12-13-14-15-16-18-20-23(28(25,26)27)21-22(24)19-17-6-4-2/h22-24H,3-21H2,1-2H3,(H,25,26,27). The Morgan fingerprint density at radius 2 is 0.964 bits per heavy atom. The van der Waals surface area contributed by atoms with E-state index in [2.05, 4.69) is 13.8 Å². The zero-order valence-corrected chi connectivity index (χ0v) is 19.5. The van der Waals surface area contributed by atoms with Gasteiger partial charge < -0.3 is 5.11 Å². The Labute approximate surface area is 175 Å². The van der Waals surface area contributed by atoms with Crippen molar-refractivity contribution in [3.05, 3.63) is 0 Å². The maximum atomic E-state index is 11.6. The smallest absolute Gasteiger partial charge is 0.267 e. The highest BCUT2D eigenvalue weighted by atomic mass is 32.2. The Hall–Kier alpha value is -0.130. The van der Waals surface area contributed by atoms with Crippen LogP contribution < -0.4 is 0 Å². The monoisotopic (exact) mass is 420 g/mol. The minimum absolute atomic E-state index is 0.167. The Morgan fingerprint density at radius 1 is 0.607 bits per heavy atom. The lowest BCUT2D eigenvalue weighted by Gasteiger charge is -2.18. The van der Waals surface area contributed by atoms with Crippen LogP contribution in [0.2, 0.25) is 0 Å². The predicted octanol–water partition coefficient (Wildman–Crippen LogP) is 7.06. The maximum absolute atomic E-state index is 11.6. The number of rotatable bonds is 21. The van der Waals surface area contributed by atoms with E-state index in [1.165, 1.54) is 64.2 Å². The zero-order valence-electron chi connectivity index (χ0n) is 18.7. The van der Waals surface area contributed by atoms with Crippen molar-refractivity contribution in [3.8, 4) is 0 Å². The molecule has 0 spiro atoms. The second-order valence-corrected chi connectivity index (χ2v) is 10.3. The molecule has 2 unspecified atom stereocenters. The Bertz CT molecular complexity index is 422. The van der Waals surface area contributed by atoms with Gasteiger partial charge in [-0.05, 0) is 19.3 Å². The Balaban J connectivity index is 3.70. The van der Waals surface area contributed by atoms with Gasteiger partial charge in [-0.2, -0.15) is 8.42 Å². The lowest BCUT2D eigenvalue weighted by Crippen LogP contribution is -2.26. The molecule has 0 rings (SSSR count). The third kappa shape index (κ3) is 17.9. The van der Waals surface area contributed by atoms with Gasteiger partial charge in [0.25, 0.3) is 10.1 Å². The van der Waals surface area contributed by atoms with Gasteiger partial charge in [-0.1, -0.05) is 117 Å². The highest BCUT2D eigenvalue weighted by molar-refractivity contribution is 7.86. The van der Waals surface area contributed by atoms with Gasteiger partial charge in [-0.15, -0.1) is 0 Å². The molecule has 4 nitrogen and oxygen atoms in total. The van der Waals surface area contributed by atoms with Crippen molar-refractivity contribution >= 4 is 10.1 Å². The molecular formula is C23H48O4S. The summed E-state index contributed by atoms with van der Waals surface area (Å²) in [4.78, 5) is 0. The van der Waals surface area contributed by atoms with Crippen LogP contribution >= 0.6 is 0 Å². The first kappa shape index (κ1) is 27.9. The van der Waals surface area contributed by atoms with Crippen LogP contribution in [0, 0.1) is 0 Å². The molecule has 0 saturated carbocycles. The summed E-state index contributed by atoms with van der Waals surface area (Å²) in [7, 11) is -4.07. The minimum Gasteiger partial charge on any atom is -0.393 e. The zero-order chi connectivity index (χ0) is 21.1. The quantitative estimate of drug-likeness (QED) is 0.154. The molecule has 0 radical (unpaired) electrons. The summed E-state index contributed by atoms with van der Waals surface area (Å²) in [6, 6.07) is 0. The predicted molar refractivity (Wildman–Crippen MR) is 120 cm³/mol. The molecule has 2 atom stereocenters. The van der Waals surface area contributed by atoms with Crippen LogP contribution in [0.5, 0.6) is 0 Å². The highest BCUT2D eigenvalue weighted by Crippen LogP contribution is 2.20. The van der Waals surface area contributed by atoms with Crippen molar-refractivity contribution in [2.45, 2.75) is 147 Å². The summed E-state index contributed by atoms with van der Waals surface area (Å²) >= 11 is 0. The number of hydrogen-bond donors (Lipinski definition) is 2. The van der Waals surface area contributed by atoms with E-state index in [9.17, 15) is 18.1 Å². The molecule has 0 aromatic carbocycles. The third-order valence-electron chi connectivity index (χ3n) is 5.73. The Kier molecular flexibility index (Phi) is 18.8. The second-order valence-electron chi connectivity index (χ2n) is 8.55. The number of aliphatic hydroxyl groups is 1. The molecule has 0 aliphatic carbocycles. The van der Waals surface area contributed by atoms with Gasteiger partial charge in [-0.25, -0.2) is 0 Å². The maximum Gasteiger partial charge on any atom is 0.267 e. The van der Waals surface area contributed by atoms with E-state index in [0.717, 1.165) is 38.5 Å². The molecule has 0 aliphatic rings. The van der Waals surface area contributed by atoms with Crippen LogP contribution in [-0.4, -0.2) is 29.4 Å². The topological polar surface area (TPSA) is 74.6 Å². The molecule has 2 N–H and O–H groups in total. The summed E-state index contributed by atoms with van der Waals surface area (Å²) in [5.41, 5.74) is 0. The van der Waals surface area contributed by atoms with Crippen molar-refractivity contribution in [3.63, 3.8) is 0 Å². The molecule has 0 fully saturated rings. The molecular weight excluding hydrogens is 372 g/mol. The third-order valence-corrected chi connectivity index (χ3v) is 7.00. The van der Waals surface area contributed by atoms with Gasteiger partial charge in [0.05, 0.1) is 11.4 Å². The summed E-state index contributed by atoms with van der Waals surface area (Å²) in [5, 5.41) is 9.23. The van der Waals surface area contributed by atoms with E-state index in [4.69, 9.17) is 0 Å². The molecule has 0 aromatic rings. The van der Waals surface area contributed by atoms with Gasteiger partial charge in [-0.3, -0.25) is 4.55 Å². The summed E-state index contributed by atoms with van der Waals surface area (Å²) in [6.07, 6.45) is 19.9. The molecule has 0 saturated heterocycles. The van der Waals surface area contributed by atoms with Crippen molar-refractivity contribution < 1.29 is 18.1 Å². The molecule has 170 valence electrons. The van der Waals surface area contributed by atoms with Crippen LogP contribution in [0.4, 0.5) is 0 Å². The molecule has 0 aliphatic heterocycles. The fraction of sp³-hybridized carbons (Fsp3) is 1.00. The number of hydrogen-bond acceptors (Lipinski definition) is 3. The molecule has 0 bridgehead atoms. The molecule has 0 heterocycles. The first-order valence-corrected chi connectivity index (χ1v) is 13.6. The van der Waals surface area contributed by atoms with Crippen molar-refractivity contribution in [1.29, 1.82) is 0 Å². The van der Waals surface area contributed by atoms with Gasteiger partial charge in [0, 0.05) is 0 Å². The van der Waals surface area contributed by atoms with Crippen molar-refractivity contribution in [1.82, 2.24) is 0 Å². The number of unbranched alkanes of at least 4 members (excludes halogenated alkanes) is 14. The lowest BCUT2D eigenvalue weighted by molar-refractivity contribution is 0.147. The highest BCUT2D eigenvalue weighted by Gasteiger charge is 2.25. The van der Waals surface area contributed by atoms with Crippen LogP contribution in [0.3, 0.4) is 0 Å². The molecule has 0 amide bonds. The largest absolute Gasteiger partial charge is 0.393 e. The van der Waals surface area contributed by atoms with Gasteiger partial charge in [0.2, 0.25) is 0 Å². The summed E-state index contributed by atoms with van der Waals surface area (Å²) in [5.74, 6) is 0. The van der Waals surface area contributed by atoms with Gasteiger partial charge in [0.15, 0.2) is 0 Å². The SMILES string of the molecule is CCCCCCCCCCCCCCCC(CC(O)CCCCC)S(=O)(=O)O. The lowest BCUT2D eigenvalue weighted by atomic mass is 10.0. The van der Waals surface area contributed by atoms with Gasteiger partial charge >= 0.3 is 0 Å². The van der Waals surface area contributed by atoms with Crippen LogP contribution in [0.15, 0.2) is 0 Å². The average Bonchev–Trinajstić information content (AvgIpc) is 2.64. The van der Waals surface area contributed by atoms with E-state index in [0.29, 0.717) is 12.8 Å². The fourth-order valence-electron chi connectivity index (χ4n) is 3.83. The average molecular weight is 421 g/mol. The first-order valence-electron chi connectivity index (χ1n) is 12.1. The van der Waals surface area contributed by atoms with E-state index in [-0.39, 0.29) is 6.42 Å². The van der Waals surface area contributed by atoms with Crippen molar-refractivity contribution in [2.75, 3.05) is 0 Å².